The normalized spacial score (nSPS) is 11.1. The van der Waals surface area contributed by atoms with Gasteiger partial charge in [-0.3, -0.25) is 0 Å². The van der Waals surface area contributed by atoms with Crippen molar-refractivity contribution in [3.63, 3.8) is 0 Å². The second kappa shape index (κ2) is 4.14. The quantitative estimate of drug-likeness (QED) is 0.622. The van der Waals surface area contributed by atoms with Crippen molar-refractivity contribution in [2.45, 2.75) is 16.4 Å². The smallest absolute Gasteiger partial charge is 0.0696 e. The molecule has 0 bridgehead atoms. The molecule has 0 saturated heterocycles. The Balaban J connectivity index is 2.76. The van der Waals surface area contributed by atoms with Crippen LogP contribution in [0, 0.1) is 0 Å². The van der Waals surface area contributed by atoms with Gasteiger partial charge in [0.15, 0.2) is 0 Å². The van der Waals surface area contributed by atoms with E-state index in [0.29, 0.717) is 0 Å². The Labute approximate surface area is 96.6 Å². The summed E-state index contributed by atoms with van der Waals surface area (Å²) in [4.78, 5) is 2.17. The van der Waals surface area contributed by atoms with Gasteiger partial charge in [0.05, 0.1) is 6.61 Å². The van der Waals surface area contributed by atoms with E-state index in [1.165, 1.54) is 4.90 Å². The molecule has 0 saturated carbocycles. The Morgan fingerprint density at radius 3 is 2.93 bits per heavy atom. The third kappa shape index (κ3) is 1.67. The van der Waals surface area contributed by atoms with Crippen LogP contribution in [0.3, 0.4) is 0 Å². The molecule has 14 heavy (non-hydrogen) atoms. The molecule has 4 heteroatoms. The molecule has 0 aliphatic heterocycles. The number of fused-ring (bicyclic) bond motifs is 1. The van der Waals surface area contributed by atoms with Gasteiger partial charge >= 0.3 is 0 Å². The third-order valence-electron chi connectivity index (χ3n) is 2.11. The molecule has 0 radical (unpaired) electrons. The monoisotopic (exact) mass is 242 g/mol. The molecule has 0 atom stereocenters. The van der Waals surface area contributed by atoms with Gasteiger partial charge in [-0.05, 0) is 24.0 Å². The fourth-order valence-electron chi connectivity index (χ4n) is 1.40. The van der Waals surface area contributed by atoms with Gasteiger partial charge < -0.3 is 5.11 Å². The minimum absolute atomic E-state index is 0.0959. The van der Waals surface area contributed by atoms with Crippen molar-refractivity contribution in [3.05, 3.63) is 23.1 Å². The highest BCUT2D eigenvalue weighted by Gasteiger charge is 2.07. The molecule has 1 heterocycles. The van der Waals surface area contributed by atoms with Gasteiger partial charge in [-0.1, -0.05) is 0 Å². The summed E-state index contributed by atoms with van der Waals surface area (Å²) in [5.41, 5.74) is 0.997. The van der Waals surface area contributed by atoms with E-state index in [1.54, 1.807) is 23.1 Å². The maximum Gasteiger partial charge on any atom is 0.0696 e. The number of aliphatic hydroxyl groups is 1. The van der Waals surface area contributed by atoms with Crippen LogP contribution in [0.5, 0.6) is 0 Å². The first kappa shape index (κ1) is 10.4. The first-order chi connectivity index (χ1) is 6.76. The van der Waals surface area contributed by atoms with Crippen LogP contribution in [-0.4, -0.2) is 11.4 Å². The summed E-state index contributed by atoms with van der Waals surface area (Å²) in [5, 5.41) is 12.4. The van der Waals surface area contributed by atoms with Gasteiger partial charge in [0.1, 0.15) is 0 Å². The van der Waals surface area contributed by atoms with Crippen LogP contribution in [0.2, 0.25) is 0 Å². The molecule has 1 aromatic carbocycles. The number of aliphatic hydroxyl groups excluding tert-OH is 1. The maximum absolute atomic E-state index is 9.24. The largest absolute Gasteiger partial charge is 0.392 e. The Bertz CT molecular complexity index is 462. The maximum atomic E-state index is 9.24. The van der Waals surface area contributed by atoms with Gasteiger partial charge in [-0.15, -0.1) is 35.7 Å². The average Bonchev–Trinajstić information content (AvgIpc) is 2.59. The molecule has 1 aromatic heterocycles. The lowest BCUT2D eigenvalue weighted by atomic mass is 10.2. The topological polar surface area (TPSA) is 20.2 Å². The van der Waals surface area contributed by atoms with Crippen molar-refractivity contribution in [2.75, 3.05) is 6.26 Å². The van der Waals surface area contributed by atoms with Crippen molar-refractivity contribution >= 4 is 45.8 Å². The number of thiol groups is 1. The van der Waals surface area contributed by atoms with Crippen LogP contribution >= 0.6 is 35.7 Å². The summed E-state index contributed by atoms with van der Waals surface area (Å²) in [6.45, 7) is 0.0959. The number of benzene rings is 1. The Morgan fingerprint density at radius 1 is 1.50 bits per heavy atom. The standard InChI is InChI=1S/C10H10OS3/c1-13-7-2-6(4-11)10-8(3-7)9(12)5-14-10/h2-3,5,11-12H,4H2,1H3. The van der Waals surface area contributed by atoms with E-state index in [4.69, 9.17) is 0 Å². The van der Waals surface area contributed by atoms with E-state index in [9.17, 15) is 5.11 Å². The highest BCUT2D eigenvalue weighted by Crippen LogP contribution is 2.34. The third-order valence-corrected chi connectivity index (χ3v) is 4.43. The summed E-state index contributed by atoms with van der Waals surface area (Å²) in [5.74, 6) is 0. The van der Waals surface area contributed by atoms with Gasteiger partial charge in [0, 0.05) is 25.3 Å². The van der Waals surface area contributed by atoms with Crippen LogP contribution < -0.4 is 0 Å². The van der Waals surface area contributed by atoms with E-state index in [-0.39, 0.29) is 6.61 Å². The number of hydrogen-bond donors (Lipinski definition) is 2. The Kier molecular flexibility index (Phi) is 3.07. The first-order valence-corrected chi connectivity index (χ1v) is 6.69. The summed E-state index contributed by atoms with van der Waals surface area (Å²) in [6.07, 6.45) is 2.03. The molecular weight excluding hydrogens is 232 g/mol. The average molecular weight is 242 g/mol. The van der Waals surface area contributed by atoms with Gasteiger partial charge in [-0.25, -0.2) is 0 Å². The lowest BCUT2D eigenvalue weighted by Crippen LogP contribution is -1.84. The van der Waals surface area contributed by atoms with E-state index in [2.05, 4.69) is 18.7 Å². The van der Waals surface area contributed by atoms with E-state index in [0.717, 1.165) is 20.5 Å². The predicted molar refractivity (Wildman–Crippen MR) is 66.8 cm³/mol. The van der Waals surface area contributed by atoms with Crippen LogP contribution in [0.25, 0.3) is 10.1 Å². The molecule has 2 aromatic rings. The molecule has 2 rings (SSSR count). The number of thiophene rings is 1. The molecule has 0 spiro atoms. The number of hydrogen-bond acceptors (Lipinski definition) is 4. The van der Waals surface area contributed by atoms with Crippen molar-refractivity contribution in [1.29, 1.82) is 0 Å². The van der Waals surface area contributed by atoms with Crippen LogP contribution in [0.1, 0.15) is 5.56 Å². The molecule has 1 nitrogen and oxygen atoms in total. The zero-order chi connectivity index (χ0) is 10.1. The summed E-state index contributed by atoms with van der Waals surface area (Å²) < 4.78 is 1.15. The molecule has 0 aliphatic carbocycles. The zero-order valence-electron chi connectivity index (χ0n) is 7.65. The fraction of sp³-hybridized carbons (Fsp3) is 0.200. The van der Waals surface area contributed by atoms with Crippen LogP contribution in [0.15, 0.2) is 27.3 Å². The summed E-state index contributed by atoms with van der Waals surface area (Å²) in [7, 11) is 0. The lowest BCUT2D eigenvalue weighted by molar-refractivity contribution is 0.283. The molecule has 1 N–H and O–H groups in total. The predicted octanol–water partition coefficient (Wildman–Crippen LogP) is 3.40. The fourth-order valence-corrected chi connectivity index (χ4v) is 3.24. The van der Waals surface area contributed by atoms with Crippen LogP contribution in [0.4, 0.5) is 0 Å². The van der Waals surface area contributed by atoms with Gasteiger partial charge in [0.2, 0.25) is 0 Å². The van der Waals surface area contributed by atoms with Gasteiger partial charge in [0.25, 0.3) is 0 Å². The molecule has 0 aliphatic rings. The number of rotatable bonds is 2. The second-order valence-corrected chi connectivity index (χ2v) is 5.18. The van der Waals surface area contributed by atoms with E-state index in [1.807, 2.05) is 17.7 Å². The van der Waals surface area contributed by atoms with Crippen molar-refractivity contribution in [1.82, 2.24) is 0 Å². The number of thioether (sulfide) groups is 1. The van der Waals surface area contributed by atoms with Crippen molar-refractivity contribution < 1.29 is 5.11 Å². The molecule has 0 amide bonds. The minimum atomic E-state index is 0.0959. The van der Waals surface area contributed by atoms with Crippen molar-refractivity contribution in [2.24, 2.45) is 0 Å². The second-order valence-electron chi connectivity index (χ2n) is 2.94. The first-order valence-electron chi connectivity index (χ1n) is 4.14. The SMILES string of the molecule is CSc1cc(CO)c2scc(S)c2c1. The highest BCUT2D eigenvalue weighted by atomic mass is 32.2. The Morgan fingerprint density at radius 2 is 2.29 bits per heavy atom. The lowest BCUT2D eigenvalue weighted by Gasteiger charge is -2.03. The zero-order valence-corrected chi connectivity index (χ0v) is 10.2. The molecule has 0 unspecified atom stereocenters. The van der Waals surface area contributed by atoms with E-state index < -0.39 is 0 Å². The molecular formula is C10H10OS3. The molecule has 74 valence electrons. The summed E-state index contributed by atoms with van der Waals surface area (Å²) in [6, 6.07) is 4.16. The summed E-state index contributed by atoms with van der Waals surface area (Å²) >= 11 is 7.72. The van der Waals surface area contributed by atoms with Gasteiger partial charge in [-0.2, -0.15) is 0 Å². The Hall–Kier alpha value is -0.160. The van der Waals surface area contributed by atoms with Crippen LogP contribution in [-0.2, 0) is 6.61 Å². The minimum Gasteiger partial charge on any atom is -0.392 e. The van der Waals surface area contributed by atoms with Crippen molar-refractivity contribution in [3.8, 4) is 0 Å². The van der Waals surface area contributed by atoms with E-state index >= 15 is 0 Å². The molecule has 0 fully saturated rings. The highest BCUT2D eigenvalue weighted by molar-refractivity contribution is 7.98.